The van der Waals surface area contributed by atoms with Crippen LogP contribution in [0.15, 0.2) is 58.1 Å². The molecule has 0 aliphatic rings. The van der Waals surface area contributed by atoms with Crippen molar-refractivity contribution in [1.82, 2.24) is 19.3 Å². The lowest BCUT2D eigenvalue weighted by molar-refractivity contribution is 0.102. The molecule has 0 fully saturated rings. The van der Waals surface area contributed by atoms with E-state index in [2.05, 4.69) is 15.4 Å². The number of fused-ring (bicyclic) bond motifs is 1. The lowest BCUT2D eigenvalue weighted by Crippen LogP contribution is -2.24. The highest BCUT2D eigenvalue weighted by Crippen LogP contribution is 2.22. The molecule has 4 aromatic rings. The minimum Gasteiger partial charge on any atom is -0.442 e. The van der Waals surface area contributed by atoms with E-state index in [1.165, 1.54) is 10.9 Å². The average Bonchev–Trinajstić information content (AvgIpc) is 3.31. The Kier molecular flexibility index (Phi) is 5.44. The number of amides is 1. The van der Waals surface area contributed by atoms with Crippen molar-refractivity contribution in [2.45, 2.75) is 20.0 Å². The summed E-state index contributed by atoms with van der Waals surface area (Å²) in [7, 11) is 1.55. The summed E-state index contributed by atoms with van der Waals surface area (Å²) in [4.78, 5) is 29.9. The van der Waals surface area contributed by atoms with E-state index in [0.29, 0.717) is 31.3 Å². The number of nitrogens with zero attached hydrogens (tertiary/aromatic N) is 4. The fourth-order valence-electron chi connectivity index (χ4n) is 3.23. The molecule has 0 unspecified atom stereocenters. The summed E-state index contributed by atoms with van der Waals surface area (Å²) >= 11 is 0. The molecule has 3 aromatic heterocycles. The zero-order valence-electron chi connectivity index (χ0n) is 16.7. The van der Waals surface area contributed by atoms with Crippen LogP contribution in [0.5, 0.6) is 0 Å². The molecule has 9 heteroatoms. The molecule has 0 saturated carbocycles. The minimum absolute atomic E-state index is 0.130. The fraction of sp³-hybridized carbons (Fsp3) is 0.238. The van der Waals surface area contributed by atoms with E-state index in [0.717, 1.165) is 5.56 Å². The number of nitrogens with one attached hydrogen (secondary N) is 1. The largest absolute Gasteiger partial charge is 0.442 e. The van der Waals surface area contributed by atoms with Gasteiger partial charge in [0.2, 0.25) is 5.71 Å². The van der Waals surface area contributed by atoms with Crippen molar-refractivity contribution < 1.29 is 13.9 Å². The topological polar surface area (TPSA) is 104 Å². The Hall–Kier alpha value is -3.72. The molecular weight excluding hydrogens is 386 g/mol. The maximum atomic E-state index is 12.9. The first-order valence-corrected chi connectivity index (χ1v) is 9.43. The number of aryl methyl sites for hydroxylation is 1. The van der Waals surface area contributed by atoms with Crippen LogP contribution in [0, 0.1) is 6.92 Å². The number of anilines is 1. The number of furan rings is 1. The number of carbonyl (C=O) groups is 1. The zero-order chi connectivity index (χ0) is 21.1. The zero-order valence-corrected chi connectivity index (χ0v) is 16.7. The predicted octanol–water partition coefficient (Wildman–Crippen LogP) is 2.44. The summed E-state index contributed by atoms with van der Waals surface area (Å²) < 4.78 is 13.7. The minimum atomic E-state index is -0.473. The monoisotopic (exact) mass is 407 g/mol. The fourth-order valence-corrected chi connectivity index (χ4v) is 3.23. The summed E-state index contributed by atoms with van der Waals surface area (Å²) in [6.07, 6.45) is 3.17. The molecule has 0 bridgehead atoms. The smallest absolute Gasteiger partial charge is 0.265 e. The van der Waals surface area contributed by atoms with Crippen molar-refractivity contribution >= 4 is 22.8 Å². The number of rotatable bonds is 7. The normalized spacial score (nSPS) is 11.1. The van der Waals surface area contributed by atoms with Gasteiger partial charge < -0.3 is 14.5 Å². The molecule has 0 saturated heterocycles. The summed E-state index contributed by atoms with van der Waals surface area (Å²) in [5, 5.41) is 7.27. The van der Waals surface area contributed by atoms with E-state index in [1.807, 2.05) is 30.3 Å². The Morgan fingerprint density at radius 1 is 1.23 bits per heavy atom. The van der Waals surface area contributed by atoms with Crippen LogP contribution in [-0.2, 0) is 17.8 Å². The third kappa shape index (κ3) is 3.87. The van der Waals surface area contributed by atoms with Gasteiger partial charge in [0.25, 0.3) is 11.5 Å². The SMILES string of the molecule is COCCn1cnc2oc(C)c(C(=O)Nc3ccn(Cc4ccccc4)n3)c2c1=O. The van der Waals surface area contributed by atoms with Gasteiger partial charge in [0, 0.05) is 19.4 Å². The Bertz CT molecular complexity index is 1240. The molecule has 1 N–H and O–H groups in total. The molecule has 1 aromatic carbocycles. The van der Waals surface area contributed by atoms with E-state index in [4.69, 9.17) is 9.15 Å². The molecule has 30 heavy (non-hydrogen) atoms. The van der Waals surface area contributed by atoms with Gasteiger partial charge in [-0.05, 0) is 12.5 Å². The molecular formula is C21H21N5O4. The average molecular weight is 407 g/mol. The molecule has 154 valence electrons. The number of carbonyl (C=O) groups excluding carboxylic acids is 1. The molecule has 0 radical (unpaired) electrons. The second kappa shape index (κ2) is 8.34. The highest BCUT2D eigenvalue weighted by atomic mass is 16.5. The molecule has 9 nitrogen and oxygen atoms in total. The second-order valence-electron chi connectivity index (χ2n) is 6.79. The number of methoxy groups -OCH3 is 1. The van der Waals surface area contributed by atoms with Crippen LogP contribution >= 0.6 is 0 Å². The molecule has 0 spiro atoms. The first kappa shape index (κ1) is 19.6. The van der Waals surface area contributed by atoms with Crippen molar-refractivity contribution in [3.8, 4) is 0 Å². The lowest BCUT2D eigenvalue weighted by atomic mass is 10.2. The molecule has 1 amide bonds. The first-order chi connectivity index (χ1) is 14.6. The van der Waals surface area contributed by atoms with Gasteiger partial charge >= 0.3 is 0 Å². The van der Waals surface area contributed by atoms with Gasteiger partial charge in [0.05, 0.1) is 25.3 Å². The van der Waals surface area contributed by atoms with E-state index < -0.39 is 5.91 Å². The summed E-state index contributed by atoms with van der Waals surface area (Å²) in [6, 6.07) is 11.6. The number of hydrogen-bond donors (Lipinski definition) is 1. The van der Waals surface area contributed by atoms with Crippen molar-refractivity contribution in [3.63, 3.8) is 0 Å². The van der Waals surface area contributed by atoms with Gasteiger partial charge in [0.15, 0.2) is 5.82 Å². The third-order valence-electron chi connectivity index (χ3n) is 4.69. The maximum absolute atomic E-state index is 12.9. The number of benzene rings is 1. The van der Waals surface area contributed by atoms with Crippen LogP contribution in [0.1, 0.15) is 21.7 Å². The Labute approximate surface area is 171 Å². The van der Waals surface area contributed by atoms with Crippen molar-refractivity contribution in [2.24, 2.45) is 0 Å². The van der Waals surface area contributed by atoms with Crippen LogP contribution in [0.4, 0.5) is 5.82 Å². The van der Waals surface area contributed by atoms with Gasteiger partial charge in [-0.25, -0.2) is 4.98 Å². The van der Waals surface area contributed by atoms with Crippen molar-refractivity contribution in [1.29, 1.82) is 0 Å². The number of ether oxygens (including phenoxy) is 1. The van der Waals surface area contributed by atoms with E-state index in [-0.39, 0.29) is 22.2 Å². The van der Waals surface area contributed by atoms with Gasteiger partial charge in [-0.1, -0.05) is 30.3 Å². The van der Waals surface area contributed by atoms with Gasteiger partial charge in [0.1, 0.15) is 17.5 Å². The van der Waals surface area contributed by atoms with Crippen LogP contribution in [0.2, 0.25) is 0 Å². The molecule has 0 aliphatic carbocycles. The van der Waals surface area contributed by atoms with Crippen LogP contribution in [0.25, 0.3) is 11.1 Å². The predicted molar refractivity (Wildman–Crippen MR) is 111 cm³/mol. The van der Waals surface area contributed by atoms with Crippen molar-refractivity contribution in [2.75, 3.05) is 19.0 Å². The maximum Gasteiger partial charge on any atom is 0.265 e. The lowest BCUT2D eigenvalue weighted by Gasteiger charge is -2.05. The summed E-state index contributed by atoms with van der Waals surface area (Å²) in [5.74, 6) is 0.230. The summed E-state index contributed by atoms with van der Waals surface area (Å²) in [5.41, 5.74) is 1.03. The van der Waals surface area contributed by atoms with Gasteiger partial charge in [-0.3, -0.25) is 18.8 Å². The van der Waals surface area contributed by atoms with Crippen LogP contribution in [0.3, 0.4) is 0 Å². The van der Waals surface area contributed by atoms with Crippen LogP contribution in [-0.4, -0.2) is 39.0 Å². The number of hydrogen-bond acceptors (Lipinski definition) is 6. The molecule has 0 atom stereocenters. The van der Waals surface area contributed by atoms with E-state index in [9.17, 15) is 9.59 Å². The molecule has 4 rings (SSSR count). The summed E-state index contributed by atoms with van der Waals surface area (Å²) in [6.45, 7) is 2.89. The highest BCUT2D eigenvalue weighted by Gasteiger charge is 2.23. The molecule has 3 heterocycles. The first-order valence-electron chi connectivity index (χ1n) is 9.43. The molecule has 0 aliphatic heterocycles. The van der Waals surface area contributed by atoms with Gasteiger partial charge in [-0.2, -0.15) is 5.10 Å². The highest BCUT2D eigenvalue weighted by molar-refractivity contribution is 6.12. The van der Waals surface area contributed by atoms with E-state index in [1.54, 1.807) is 31.0 Å². The standard InChI is InChI=1S/C21H21N5O4/c1-14-17(18-20(30-14)22-13-25(21(18)28)10-11-29-2)19(27)23-16-8-9-26(24-16)12-15-6-4-3-5-7-15/h3-9,13H,10-12H2,1-2H3,(H,23,24,27). The quantitative estimate of drug-likeness (QED) is 0.505. The second-order valence-corrected chi connectivity index (χ2v) is 6.79. The third-order valence-corrected chi connectivity index (χ3v) is 4.69. The van der Waals surface area contributed by atoms with Gasteiger partial charge in [-0.15, -0.1) is 0 Å². The van der Waals surface area contributed by atoms with Crippen LogP contribution < -0.4 is 10.9 Å². The Morgan fingerprint density at radius 3 is 2.80 bits per heavy atom. The Morgan fingerprint density at radius 2 is 2.03 bits per heavy atom. The Balaban J connectivity index is 1.59. The van der Waals surface area contributed by atoms with Crippen molar-refractivity contribution in [3.05, 3.63) is 76.2 Å². The van der Waals surface area contributed by atoms with E-state index >= 15 is 0 Å². The number of aromatic nitrogens is 4.